The summed E-state index contributed by atoms with van der Waals surface area (Å²) in [4.78, 5) is 57.3. The van der Waals surface area contributed by atoms with Crippen LogP contribution in [0.25, 0.3) is 11.2 Å². The second kappa shape index (κ2) is 8.78. The first-order valence-electron chi connectivity index (χ1n) is 7.52. The van der Waals surface area contributed by atoms with E-state index in [1.54, 1.807) is 0 Å². The summed E-state index contributed by atoms with van der Waals surface area (Å²) in [6.45, 7) is -1.03. The Kier molecular flexibility index (Phi) is 7.09. The Labute approximate surface area is 156 Å². The number of H-pyrrole nitrogens is 1. The van der Waals surface area contributed by atoms with E-state index in [2.05, 4.69) is 15.0 Å². The van der Waals surface area contributed by atoms with Crippen molar-refractivity contribution in [3.05, 3.63) is 16.7 Å². The van der Waals surface area contributed by atoms with Gasteiger partial charge < -0.3 is 44.5 Å². The number of aromatic amines is 1. The van der Waals surface area contributed by atoms with Crippen LogP contribution in [0.2, 0.25) is 0 Å². The number of imidazole rings is 1. The number of aliphatic hydroxyl groups is 1. The third kappa shape index (κ3) is 6.44. The molecule has 2 heterocycles. The number of nitrogens with one attached hydrogen (secondary N) is 1. The molecule has 2 rings (SSSR count). The molecule has 0 aliphatic heterocycles. The molecule has 0 saturated heterocycles. The number of rotatable bonds is 10. The number of anilines is 1. The molecular formula is C11H19N5O10P2. The Hall–Kier alpha value is -1.67. The second-order valence-electron chi connectivity index (χ2n) is 5.74. The van der Waals surface area contributed by atoms with Crippen molar-refractivity contribution < 1.29 is 43.3 Å². The number of nitrogens with zero attached hydrogens (tertiary/aromatic N) is 3. The molecule has 2 aromatic rings. The maximum atomic E-state index is 11.9. The molecule has 0 spiro atoms. The topological polar surface area (TPSA) is 243 Å². The van der Waals surface area contributed by atoms with E-state index in [1.165, 1.54) is 4.57 Å². The SMILES string of the molecule is Nc1nc2c(ncn2[C@@H](COCP(=O)(O)O)[C@H](O)COCP(=O)(O)O)c(=O)[nH]1. The maximum absolute atomic E-state index is 11.9. The lowest BCUT2D eigenvalue weighted by Crippen LogP contribution is -2.32. The minimum atomic E-state index is -4.49. The van der Waals surface area contributed by atoms with Crippen LogP contribution in [-0.4, -0.2) is 76.2 Å². The summed E-state index contributed by atoms with van der Waals surface area (Å²) in [5, 5.41) is 10.4. The second-order valence-corrected chi connectivity index (χ2v) is 8.91. The number of hydrogen-bond acceptors (Lipinski definition) is 9. The molecule has 15 nitrogen and oxygen atoms in total. The smallest absolute Gasteiger partial charge is 0.350 e. The molecule has 0 unspecified atom stereocenters. The van der Waals surface area contributed by atoms with E-state index >= 15 is 0 Å². The molecule has 0 aliphatic rings. The van der Waals surface area contributed by atoms with Crippen LogP contribution >= 0.6 is 15.2 Å². The molecule has 2 aromatic heterocycles. The number of hydrogen-bond donors (Lipinski definition) is 7. The Morgan fingerprint density at radius 1 is 1.14 bits per heavy atom. The van der Waals surface area contributed by atoms with Crippen molar-refractivity contribution in [1.29, 1.82) is 0 Å². The van der Waals surface area contributed by atoms with Gasteiger partial charge in [-0.25, -0.2) is 4.98 Å². The molecule has 28 heavy (non-hydrogen) atoms. The summed E-state index contributed by atoms with van der Waals surface area (Å²) < 4.78 is 32.7. The van der Waals surface area contributed by atoms with Gasteiger partial charge in [-0.1, -0.05) is 0 Å². The zero-order valence-electron chi connectivity index (χ0n) is 14.2. The van der Waals surface area contributed by atoms with Crippen LogP contribution in [0.4, 0.5) is 5.95 Å². The quantitative estimate of drug-likeness (QED) is 0.195. The maximum Gasteiger partial charge on any atom is 0.350 e. The van der Waals surface area contributed by atoms with Gasteiger partial charge in [0, 0.05) is 0 Å². The van der Waals surface area contributed by atoms with Gasteiger partial charge in [0.2, 0.25) is 5.95 Å². The van der Waals surface area contributed by atoms with Gasteiger partial charge in [-0.05, 0) is 0 Å². The highest BCUT2D eigenvalue weighted by molar-refractivity contribution is 7.51. The number of ether oxygens (including phenoxy) is 2. The van der Waals surface area contributed by atoms with Crippen molar-refractivity contribution in [2.45, 2.75) is 12.1 Å². The molecule has 8 N–H and O–H groups in total. The summed E-state index contributed by atoms with van der Waals surface area (Å²) >= 11 is 0. The summed E-state index contributed by atoms with van der Waals surface area (Å²) in [5.74, 6) is -0.235. The van der Waals surface area contributed by atoms with Gasteiger partial charge in [0.05, 0.1) is 25.6 Å². The fourth-order valence-electron chi connectivity index (χ4n) is 2.26. The summed E-state index contributed by atoms with van der Waals surface area (Å²) in [6.07, 6.45) is -2.23. The molecule has 0 saturated carbocycles. The highest BCUT2D eigenvalue weighted by Gasteiger charge is 2.27. The summed E-state index contributed by atoms with van der Waals surface area (Å²) in [6, 6.07) is -1.12. The third-order valence-corrected chi connectivity index (χ3v) is 4.39. The number of aliphatic hydroxyl groups excluding tert-OH is 1. The minimum Gasteiger partial charge on any atom is -0.388 e. The van der Waals surface area contributed by atoms with Gasteiger partial charge in [0.25, 0.3) is 5.56 Å². The van der Waals surface area contributed by atoms with Gasteiger partial charge in [0.1, 0.15) is 18.8 Å². The van der Waals surface area contributed by atoms with Crippen molar-refractivity contribution >= 4 is 32.3 Å². The normalized spacial score (nSPS) is 15.0. The van der Waals surface area contributed by atoms with E-state index < -0.39 is 58.8 Å². The molecule has 0 bridgehead atoms. The summed E-state index contributed by atoms with van der Waals surface area (Å²) in [7, 11) is -8.96. The zero-order chi connectivity index (χ0) is 21.1. The number of fused-ring (bicyclic) bond motifs is 1. The first-order valence-corrected chi connectivity index (χ1v) is 11.1. The number of nitrogens with two attached hydrogens (primary N) is 1. The van der Waals surface area contributed by atoms with E-state index in [1.807, 2.05) is 0 Å². The highest BCUT2D eigenvalue weighted by atomic mass is 31.2. The predicted molar refractivity (Wildman–Crippen MR) is 93.3 cm³/mol. The van der Waals surface area contributed by atoms with Gasteiger partial charge in [-0.15, -0.1) is 0 Å². The van der Waals surface area contributed by atoms with Crippen molar-refractivity contribution in [3.63, 3.8) is 0 Å². The zero-order valence-corrected chi connectivity index (χ0v) is 15.9. The van der Waals surface area contributed by atoms with Crippen LogP contribution in [0.3, 0.4) is 0 Å². The lowest BCUT2D eigenvalue weighted by Gasteiger charge is -2.24. The predicted octanol–water partition coefficient (Wildman–Crippen LogP) is -2.09. The Bertz CT molecular complexity index is 964. The van der Waals surface area contributed by atoms with E-state index in [4.69, 9.17) is 34.8 Å². The van der Waals surface area contributed by atoms with Crippen LogP contribution in [0, 0.1) is 0 Å². The van der Waals surface area contributed by atoms with Crippen LogP contribution in [0.15, 0.2) is 11.1 Å². The van der Waals surface area contributed by atoms with E-state index in [-0.39, 0.29) is 17.1 Å². The molecule has 0 amide bonds. The minimum absolute atomic E-state index is 0.0416. The fraction of sp³-hybridized carbons (Fsp3) is 0.545. The van der Waals surface area contributed by atoms with Gasteiger partial charge in [-0.3, -0.25) is 18.9 Å². The van der Waals surface area contributed by atoms with Crippen molar-refractivity contribution in [2.75, 3.05) is 31.6 Å². The number of nitrogen functional groups attached to an aromatic ring is 1. The van der Waals surface area contributed by atoms with E-state index in [0.29, 0.717) is 0 Å². The lowest BCUT2D eigenvalue weighted by atomic mass is 10.2. The summed E-state index contributed by atoms with van der Waals surface area (Å²) in [5.41, 5.74) is 4.69. The van der Waals surface area contributed by atoms with Crippen LogP contribution in [-0.2, 0) is 18.6 Å². The van der Waals surface area contributed by atoms with Gasteiger partial charge in [0.15, 0.2) is 11.2 Å². The van der Waals surface area contributed by atoms with Crippen LogP contribution < -0.4 is 11.3 Å². The standard InChI is InChI=1S/C11H19N5O10P2/c12-11-14-9-8(10(18)15-11)13-3-16(9)6(1-25-4-27(19,20)21)7(17)2-26-5-28(22,23)24/h3,6-7,17H,1-2,4-5H2,(H2,19,20,21)(H2,22,23,24)(H3,12,14,15,18)/t6-,7+/m0/s1. The van der Waals surface area contributed by atoms with Crippen molar-refractivity contribution in [2.24, 2.45) is 0 Å². The van der Waals surface area contributed by atoms with E-state index in [9.17, 15) is 19.0 Å². The lowest BCUT2D eigenvalue weighted by molar-refractivity contribution is -0.00740. The van der Waals surface area contributed by atoms with E-state index in [0.717, 1.165) is 6.33 Å². The Morgan fingerprint density at radius 2 is 1.71 bits per heavy atom. The average Bonchev–Trinajstić information content (AvgIpc) is 2.93. The Balaban J connectivity index is 2.28. The van der Waals surface area contributed by atoms with Crippen molar-refractivity contribution in [3.8, 4) is 0 Å². The molecule has 17 heteroatoms. The molecule has 2 atom stereocenters. The molecule has 0 fully saturated rings. The van der Waals surface area contributed by atoms with Crippen molar-refractivity contribution in [1.82, 2.24) is 19.5 Å². The molecule has 158 valence electrons. The third-order valence-electron chi connectivity index (χ3n) is 3.35. The molecule has 0 aromatic carbocycles. The average molecular weight is 443 g/mol. The largest absolute Gasteiger partial charge is 0.388 e. The van der Waals surface area contributed by atoms with Crippen LogP contribution in [0.1, 0.15) is 6.04 Å². The first kappa shape index (κ1) is 22.6. The number of aromatic nitrogens is 4. The van der Waals surface area contributed by atoms with Gasteiger partial charge >= 0.3 is 15.2 Å². The highest BCUT2D eigenvalue weighted by Crippen LogP contribution is 2.35. The van der Waals surface area contributed by atoms with Gasteiger partial charge in [-0.2, -0.15) is 4.98 Å². The van der Waals surface area contributed by atoms with Crippen LogP contribution in [0.5, 0.6) is 0 Å². The first-order chi connectivity index (χ1) is 12.9. The molecular weight excluding hydrogens is 424 g/mol. The Morgan fingerprint density at radius 3 is 2.29 bits per heavy atom. The molecule has 0 radical (unpaired) electrons. The molecule has 0 aliphatic carbocycles. The fourth-order valence-corrected chi connectivity index (χ4v) is 2.94. The monoisotopic (exact) mass is 443 g/mol.